The normalized spacial score (nSPS) is 15.4. The molecule has 4 heterocycles. The Bertz CT molecular complexity index is 1390. The van der Waals surface area contributed by atoms with Gasteiger partial charge in [0.2, 0.25) is 5.91 Å². The summed E-state index contributed by atoms with van der Waals surface area (Å²) in [5.74, 6) is 0.929. The summed E-state index contributed by atoms with van der Waals surface area (Å²) in [5, 5.41) is 1.85. The number of aromatic nitrogens is 3. The zero-order chi connectivity index (χ0) is 20.9. The fourth-order valence-electron chi connectivity index (χ4n) is 5.23. The van der Waals surface area contributed by atoms with Crippen LogP contribution in [0, 0.1) is 0 Å². The maximum atomic E-state index is 13.2. The van der Waals surface area contributed by atoms with E-state index < -0.39 is 0 Å². The summed E-state index contributed by atoms with van der Waals surface area (Å²) < 4.78 is 4.02. The highest BCUT2D eigenvalue weighted by molar-refractivity contribution is 5.92. The van der Waals surface area contributed by atoms with Gasteiger partial charge in [-0.25, -0.2) is 4.98 Å². The lowest BCUT2D eigenvalue weighted by Crippen LogP contribution is -2.29. The van der Waals surface area contributed by atoms with E-state index in [9.17, 15) is 9.59 Å². The fourth-order valence-corrected chi connectivity index (χ4v) is 5.23. The van der Waals surface area contributed by atoms with Crippen molar-refractivity contribution >= 4 is 27.7 Å². The second-order valence-electron chi connectivity index (χ2n) is 8.49. The van der Waals surface area contributed by atoms with Crippen LogP contribution in [0.15, 0.2) is 53.3 Å². The minimum Gasteiger partial charge on any atom is -0.343 e. The highest BCUT2D eigenvalue weighted by Crippen LogP contribution is 2.36. The average Bonchev–Trinajstić information content (AvgIpc) is 3.45. The third-order valence-electron chi connectivity index (χ3n) is 6.74. The maximum Gasteiger partial charge on any atom is 0.261 e. The molecule has 2 aromatic heterocycles. The van der Waals surface area contributed by atoms with Gasteiger partial charge in [0.25, 0.3) is 5.56 Å². The first kappa shape index (κ1) is 18.4. The number of nitrogens with zero attached hydrogens (tertiary/aromatic N) is 4. The van der Waals surface area contributed by atoms with Crippen LogP contribution < -0.4 is 5.56 Å². The molecule has 0 saturated carbocycles. The van der Waals surface area contributed by atoms with Gasteiger partial charge in [0.1, 0.15) is 0 Å². The molecule has 0 atom stereocenters. The molecule has 0 radical (unpaired) electrons. The lowest BCUT2D eigenvalue weighted by molar-refractivity contribution is -0.130. The molecule has 6 rings (SSSR count). The van der Waals surface area contributed by atoms with Crippen LogP contribution in [0.2, 0.25) is 0 Å². The summed E-state index contributed by atoms with van der Waals surface area (Å²) in [4.78, 5) is 32.9. The predicted octanol–water partition coefficient (Wildman–Crippen LogP) is 3.59. The zero-order valence-electron chi connectivity index (χ0n) is 17.4. The molecular weight excluding hydrogens is 388 g/mol. The first-order valence-corrected chi connectivity index (χ1v) is 11.1. The molecule has 1 fully saturated rings. The predicted molar refractivity (Wildman–Crippen MR) is 121 cm³/mol. The van der Waals surface area contributed by atoms with E-state index in [2.05, 4.69) is 22.8 Å². The summed E-state index contributed by atoms with van der Waals surface area (Å²) >= 11 is 0. The number of aryl methyl sites for hydroxylation is 2. The summed E-state index contributed by atoms with van der Waals surface area (Å²) in [6.07, 6.45) is 3.44. The van der Waals surface area contributed by atoms with Gasteiger partial charge in [0, 0.05) is 43.5 Å². The SMILES string of the molecule is O=C(CCn1c2c(c3ccccc31)CCn1c-2nc2ccccc2c1=O)N1CCCC1. The minimum atomic E-state index is 0.0104. The molecule has 0 N–H and O–H groups in total. The van der Waals surface area contributed by atoms with Crippen molar-refractivity contribution in [3.05, 3.63) is 64.4 Å². The molecule has 31 heavy (non-hydrogen) atoms. The van der Waals surface area contributed by atoms with Crippen molar-refractivity contribution < 1.29 is 4.79 Å². The molecule has 0 bridgehead atoms. The topological polar surface area (TPSA) is 60.1 Å². The number of para-hydroxylation sites is 2. The molecule has 1 saturated heterocycles. The van der Waals surface area contributed by atoms with E-state index in [4.69, 9.17) is 4.98 Å². The van der Waals surface area contributed by atoms with Crippen molar-refractivity contribution in [1.82, 2.24) is 19.0 Å². The number of hydrogen-bond donors (Lipinski definition) is 0. The summed E-state index contributed by atoms with van der Waals surface area (Å²) in [7, 11) is 0. The van der Waals surface area contributed by atoms with E-state index in [-0.39, 0.29) is 11.5 Å². The van der Waals surface area contributed by atoms with Crippen LogP contribution in [0.25, 0.3) is 33.3 Å². The third kappa shape index (κ3) is 2.81. The Labute approximate surface area is 179 Å². The van der Waals surface area contributed by atoms with Gasteiger partial charge in [-0.2, -0.15) is 0 Å². The number of amides is 1. The lowest BCUT2D eigenvalue weighted by Gasteiger charge is -2.22. The van der Waals surface area contributed by atoms with Crippen molar-refractivity contribution in [1.29, 1.82) is 0 Å². The quantitative estimate of drug-likeness (QED) is 0.517. The number of fused-ring (bicyclic) bond motifs is 6. The Hall–Kier alpha value is -3.41. The van der Waals surface area contributed by atoms with Gasteiger partial charge < -0.3 is 9.47 Å². The van der Waals surface area contributed by atoms with Gasteiger partial charge >= 0.3 is 0 Å². The first-order chi connectivity index (χ1) is 15.2. The molecule has 4 aromatic rings. The Morgan fingerprint density at radius 3 is 2.52 bits per heavy atom. The summed E-state index contributed by atoms with van der Waals surface area (Å²) in [6.45, 7) is 2.96. The van der Waals surface area contributed by atoms with Crippen LogP contribution >= 0.6 is 0 Å². The molecule has 0 unspecified atom stereocenters. The smallest absolute Gasteiger partial charge is 0.261 e. The van der Waals surface area contributed by atoms with E-state index in [1.807, 2.05) is 39.8 Å². The maximum absolute atomic E-state index is 13.2. The average molecular weight is 412 g/mol. The second-order valence-corrected chi connectivity index (χ2v) is 8.49. The zero-order valence-corrected chi connectivity index (χ0v) is 17.4. The van der Waals surface area contributed by atoms with Crippen molar-refractivity contribution in [2.75, 3.05) is 13.1 Å². The molecule has 0 aliphatic carbocycles. The Morgan fingerprint density at radius 1 is 0.935 bits per heavy atom. The number of carbonyl (C=O) groups is 1. The van der Waals surface area contributed by atoms with E-state index in [1.54, 1.807) is 0 Å². The number of carbonyl (C=O) groups excluding carboxylic acids is 1. The van der Waals surface area contributed by atoms with Gasteiger partial charge in [-0.05, 0) is 43.0 Å². The minimum absolute atomic E-state index is 0.0104. The van der Waals surface area contributed by atoms with Gasteiger partial charge in [0.05, 0.1) is 16.6 Å². The van der Waals surface area contributed by atoms with Crippen LogP contribution in [-0.2, 0) is 24.3 Å². The van der Waals surface area contributed by atoms with Crippen LogP contribution in [0.1, 0.15) is 24.8 Å². The number of benzene rings is 2. The van der Waals surface area contributed by atoms with Gasteiger partial charge in [-0.15, -0.1) is 0 Å². The van der Waals surface area contributed by atoms with Crippen molar-refractivity contribution in [3.63, 3.8) is 0 Å². The van der Waals surface area contributed by atoms with E-state index in [0.717, 1.165) is 54.9 Å². The Balaban J connectivity index is 1.52. The van der Waals surface area contributed by atoms with Crippen molar-refractivity contribution in [3.8, 4) is 11.5 Å². The van der Waals surface area contributed by atoms with Crippen LogP contribution in [-0.4, -0.2) is 38.0 Å². The monoisotopic (exact) mass is 412 g/mol. The summed E-state index contributed by atoms with van der Waals surface area (Å²) in [5.41, 5.74) is 4.06. The van der Waals surface area contributed by atoms with Crippen molar-refractivity contribution in [2.24, 2.45) is 0 Å². The number of hydrogen-bond acceptors (Lipinski definition) is 3. The largest absolute Gasteiger partial charge is 0.343 e. The van der Waals surface area contributed by atoms with E-state index in [0.29, 0.717) is 24.9 Å². The summed E-state index contributed by atoms with van der Waals surface area (Å²) in [6, 6.07) is 15.9. The van der Waals surface area contributed by atoms with Gasteiger partial charge in [-0.3, -0.25) is 14.2 Å². The van der Waals surface area contributed by atoms with Crippen LogP contribution in [0.3, 0.4) is 0 Å². The van der Waals surface area contributed by atoms with Crippen LogP contribution in [0.5, 0.6) is 0 Å². The van der Waals surface area contributed by atoms with E-state index >= 15 is 0 Å². The first-order valence-electron chi connectivity index (χ1n) is 11.1. The second kappa shape index (κ2) is 7.08. The highest BCUT2D eigenvalue weighted by atomic mass is 16.2. The molecule has 0 spiro atoms. The van der Waals surface area contributed by atoms with Gasteiger partial charge in [-0.1, -0.05) is 30.3 Å². The Kier molecular flexibility index (Phi) is 4.19. The highest BCUT2D eigenvalue weighted by Gasteiger charge is 2.27. The molecule has 1 amide bonds. The number of rotatable bonds is 3. The molecule has 6 heteroatoms. The van der Waals surface area contributed by atoms with Crippen molar-refractivity contribution in [2.45, 2.75) is 38.8 Å². The fraction of sp³-hybridized carbons (Fsp3) is 0.320. The van der Waals surface area contributed by atoms with E-state index in [1.165, 1.54) is 10.9 Å². The Morgan fingerprint density at radius 2 is 1.68 bits per heavy atom. The van der Waals surface area contributed by atoms with Crippen LogP contribution in [0.4, 0.5) is 0 Å². The molecule has 2 aliphatic heterocycles. The molecule has 156 valence electrons. The molecular formula is C25H24N4O2. The standard InChI is InChI=1S/C25H24N4O2/c30-22(27-13-5-6-14-27)12-16-28-21-10-4-2-7-17(21)18-11-15-29-24(23(18)28)26-20-9-3-1-8-19(20)25(29)31/h1-4,7-10H,5-6,11-16H2. The molecule has 6 nitrogen and oxygen atoms in total. The number of likely N-dealkylation sites (tertiary alicyclic amines) is 1. The lowest BCUT2D eigenvalue weighted by atomic mass is 10.0. The molecule has 2 aromatic carbocycles. The van der Waals surface area contributed by atoms with Gasteiger partial charge in [0.15, 0.2) is 5.82 Å². The molecule has 2 aliphatic rings. The third-order valence-corrected chi connectivity index (χ3v) is 6.74.